The van der Waals surface area contributed by atoms with Crippen molar-refractivity contribution in [2.24, 2.45) is 0 Å². The largest absolute Gasteiger partial charge is 0.756 e. The van der Waals surface area contributed by atoms with Crippen LogP contribution >= 0.6 is 7.82 Å². The number of carbonyl (C=O) groups is 2. The average molecular weight is 892 g/mol. The number of hydrogen-bond acceptors (Lipinski definition) is 8. The molecule has 0 radical (unpaired) electrons. The number of hydrogen-bond donors (Lipinski definition) is 0. The van der Waals surface area contributed by atoms with Gasteiger partial charge in [-0.1, -0.05) is 184 Å². The highest BCUT2D eigenvalue weighted by atomic mass is 31.2. The van der Waals surface area contributed by atoms with Crippen LogP contribution in [-0.2, 0) is 32.7 Å². The maximum atomic E-state index is 12.7. The molecule has 0 aromatic carbocycles. The lowest BCUT2D eigenvalue weighted by atomic mass is 10.0. The first kappa shape index (κ1) is 59.7. The summed E-state index contributed by atoms with van der Waals surface area (Å²) in [6, 6.07) is 0. The normalized spacial score (nSPS) is 14.0. The van der Waals surface area contributed by atoms with Crippen molar-refractivity contribution in [2.45, 2.75) is 213 Å². The van der Waals surface area contributed by atoms with Crippen molar-refractivity contribution in [3.63, 3.8) is 0 Å². The maximum Gasteiger partial charge on any atom is 0.306 e. The lowest BCUT2D eigenvalue weighted by Crippen LogP contribution is -2.37. The summed E-state index contributed by atoms with van der Waals surface area (Å²) in [5, 5.41) is 0. The lowest BCUT2D eigenvalue weighted by molar-refractivity contribution is -0.870. The molecule has 0 bridgehead atoms. The SMILES string of the molecule is CC/C=C/C/C=C/C/C=C/C/C=C/CCCCC(=O)O[C@@H](COC(=O)CCC/C=C/CCCCCCCCCCCCCCCCCCCC)COP(=O)([O-])OCC[N+](C)(C)C. The lowest BCUT2D eigenvalue weighted by Gasteiger charge is -2.28. The minimum absolute atomic E-state index is 0.0446. The third kappa shape index (κ3) is 47.2. The van der Waals surface area contributed by atoms with E-state index in [4.69, 9.17) is 18.5 Å². The first-order chi connectivity index (χ1) is 30.0. The second kappa shape index (κ2) is 43.9. The van der Waals surface area contributed by atoms with E-state index in [1.54, 1.807) is 0 Å². The molecule has 0 amide bonds. The summed E-state index contributed by atoms with van der Waals surface area (Å²) in [5.74, 6) is -0.920. The predicted octanol–water partition coefficient (Wildman–Crippen LogP) is 14.2. The van der Waals surface area contributed by atoms with Crippen molar-refractivity contribution in [3.05, 3.63) is 60.8 Å². The number of esters is 2. The molecule has 62 heavy (non-hydrogen) atoms. The fraction of sp³-hybridized carbons (Fsp3) is 0.769. The molecule has 1 unspecified atom stereocenters. The molecule has 2 atom stereocenters. The van der Waals surface area contributed by atoms with Crippen LogP contribution in [0.25, 0.3) is 0 Å². The highest BCUT2D eigenvalue weighted by Gasteiger charge is 2.21. The first-order valence-electron chi connectivity index (χ1n) is 25.0. The Hall–Kier alpha value is -2.29. The number of ether oxygens (including phenoxy) is 2. The van der Waals surface area contributed by atoms with Gasteiger partial charge in [0.25, 0.3) is 7.82 Å². The number of phosphoric acid groups is 1. The summed E-state index contributed by atoms with van der Waals surface area (Å²) in [5.41, 5.74) is 0. The number of likely N-dealkylation sites (N-methyl/N-ethyl adjacent to an activating group) is 1. The van der Waals surface area contributed by atoms with E-state index < -0.39 is 32.5 Å². The molecule has 10 heteroatoms. The molecule has 360 valence electrons. The number of unbranched alkanes of at least 4 members (excludes halogenated alkanes) is 21. The van der Waals surface area contributed by atoms with Crippen molar-refractivity contribution < 1.29 is 42.1 Å². The van der Waals surface area contributed by atoms with Crippen molar-refractivity contribution >= 4 is 19.8 Å². The summed E-state index contributed by atoms with van der Waals surface area (Å²) < 4.78 is 33.9. The van der Waals surface area contributed by atoms with E-state index >= 15 is 0 Å². The molecule has 0 spiro atoms. The van der Waals surface area contributed by atoms with Gasteiger partial charge in [0.1, 0.15) is 19.8 Å². The zero-order valence-electron chi connectivity index (χ0n) is 40.6. The van der Waals surface area contributed by atoms with Gasteiger partial charge >= 0.3 is 11.9 Å². The van der Waals surface area contributed by atoms with Gasteiger partial charge in [0.05, 0.1) is 27.7 Å². The van der Waals surface area contributed by atoms with Gasteiger partial charge in [-0.15, -0.1) is 0 Å². The quantitative estimate of drug-likeness (QED) is 0.0195. The van der Waals surface area contributed by atoms with Crippen LogP contribution in [0.3, 0.4) is 0 Å². The van der Waals surface area contributed by atoms with Gasteiger partial charge in [0, 0.05) is 12.8 Å². The van der Waals surface area contributed by atoms with Crippen LogP contribution in [0.4, 0.5) is 0 Å². The number of nitrogens with zero attached hydrogens (tertiary/aromatic N) is 1. The van der Waals surface area contributed by atoms with Gasteiger partial charge in [-0.2, -0.15) is 0 Å². The molecule has 0 N–H and O–H groups in total. The Bertz CT molecular complexity index is 1240. The Morgan fingerprint density at radius 3 is 1.44 bits per heavy atom. The van der Waals surface area contributed by atoms with Gasteiger partial charge in [-0.25, -0.2) is 0 Å². The van der Waals surface area contributed by atoms with Gasteiger partial charge in [-0.05, 0) is 70.6 Å². The molecule has 0 aliphatic carbocycles. The minimum atomic E-state index is -4.65. The Kier molecular flexibility index (Phi) is 42.3. The summed E-state index contributed by atoms with van der Waals surface area (Å²) >= 11 is 0. The molecule has 0 saturated heterocycles. The maximum absolute atomic E-state index is 12.7. The van der Waals surface area contributed by atoms with Crippen LogP contribution in [0.5, 0.6) is 0 Å². The zero-order valence-corrected chi connectivity index (χ0v) is 41.4. The van der Waals surface area contributed by atoms with Gasteiger partial charge < -0.3 is 27.9 Å². The van der Waals surface area contributed by atoms with E-state index in [9.17, 15) is 19.0 Å². The molecule has 0 saturated carbocycles. The molecule has 0 aliphatic heterocycles. The Morgan fingerprint density at radius 1 is 0.516 bits per heavy atom. The summed E-state index contributed by atoms with van der Waals surface area (Å²) in [6.07, 6.45) is 54.2. The van der Waals surface area contributed by atoms with Crippen LogP contribution < -0.4 is 4.89 Å². The van der Waals surface area contributed by atoms with E-state index in [1.165, 1.54) is 116 Å². The van der Waals surface area contributed by atoms with Crippen molar-refractivity contribution in [1.82, 2.24) is 0 Å². The van der Waals surface area contributed by atoms with Crippen LogP contribution in [0, 0.1) is 0 Å². The summed E-state index contributed by atoms with van der Waals surface area (Å²) in [6.45, 7) is 4.05. The van der Waals surface area contributed by atoms with E-state index in [-0.39, 0.29) is 26.1 Å². The Labute approximate surface area is 381 Å². The van der Waals surface area contributed by atoms with Crippen LogP contribution in [-0.4, -0.2) is 70.0 Å². The smallest absolute Gasteiger partial charge is 0.306 e. The van der Waals surface area contributed by atoms with Crippen LogP contribution in [0.2, 0.25) is 0 Å². The van der Waals surface area contributed by atoms with Crippen LogP contribution in [0.1, 0.15) is 206 Å². The van der Waals surface area contributed by atoms with E-state index in [2.05, 4.69) is 74.6 Å². The van der Waals surface area contributed by atoms with Crippen molar-refractivity contribution in [1.29, 1.82) is 0 Å². The van der Waals surface area contributed by atoms with E-state index in [1.807, 2.05) is 21.1 Å². The number of quaternary nitrogens is 1. The fourth-order valence-electron chi connectivity index (χ4n) is 6.65. The van der Waals surface area contributed by atoms with Crippen LogP contribution in [0.15, 0.2) is 60.8 Å². The second-order valence-electron chi connectivity index (χ2n) is 17.8. The molecular weight excluding hydrogens is 798 g/mol. The van der Waals surface area contributed by atoms with E-state index in [0.717, 1.165) is 51.4 Å². The third-order valence-electron chi connectivity index (χ3n) is 10.5. The highest BCUT2D eigenvalue weighted by Crippen LogP contribution is 2.38. The predicted molar refractivity (Wildman–Crippen MR) is 259 cm³/mol. The Morgan fingerprint density at radius 2 is 0.935 bits per heavy atom. The molecule has 0 aromatic heterocycles. The molecule has 0 aromatic rings. The number of carbonyl (C=O) groups excluding carboxylic acids is 2. The molecule has 0 aliphatic rings. The summed E-state index contributed by atoms with van der Waals surface area (Å²) in [4.78, 5) is 37.6. The number of allylic oxidation sites excluding steroid dienone is 10. The standard InChI is InChI=1S/C52H94NO8P/c1-6-8-10-12-14-16-18-20-22-23-24-25-26-27-28-29-31-32-34-36-38-40-42-44-51(54)58-48-50(49-60-62(56,57)59-47-46-53(3,4)5)61-52(55)45-43-41-39-37-35-33-30-21-19-17-15-13-11-9-7-2/h9,11,15,17,21,30,35-38,50H,6-8,10,12-14,16,18-20,22-29,31-34,39-49H2,1-5H3/b11-9+,17-15+,30-21+,37-35+,38-36+/t50-/m0/s1. The van der Waals surface area contributed by atoms with Gasteiger partial charge in [0.2, 0.25) is 0 Å². The van der Waals surface area contributed by atoms with Gasteiger partial charge in [0.15, 0.2) is 6.10 Å². The molecule has 0 fully saturated rings. The number of phosphoric ester groups is 1. The molecule has 9 nitrogen and oxygen atoms in total. The highest BCUT2D eigenvalue weighted by molar-refractivity contribution is 7.45. The van der Waals surface area contributed by atoms with Crippen molar-refractivity contribution in [2.75, 3.05) is 47.5 Å². The average Bonchev–Trinajstić information content (AvgIpc) is 3.23. The monoisotopic (exact) mass is 892 g/mol. The third-order valence-corrected chi connectivity index (χ3v) is 11.5. The molecule has 0 heterocycles. The first-order valence-corrected chi connectivity index (χ1v) is 26.5. The number of rotatable bonds is 45. The second-order valence-corrected chi connectivity index (χ2v) is 19.2. The van der Waals surface area contributed by atoms with Gasteiger partial charge in [-0.3, -0.25) is 14.2 Å². The summed E-state index contributed by atoms with van der Waals surface area (Å²) in [7, 11) is 1.12. The molecular formula is C52H94NO8P. The van der Waals surface area contributed by atoms with Crippen molar-refractivity contribution in [3.8, 4) is 0 Å². The zero-order chi connectivity index (χ0) is 45.7. The minimum Gasteiger partial charge on any atom is -0.756 e. The topological polar surface area (TPSA) is 111 Å². The molecule has 0 rings (SSSR count). The fourth-order valence-corrected chi connectivity index (χ4v) is 7.38. The van der Waals surface area contributed by atoms with E-state index in [0.29, 0.717) is 23.9 Å². The Balaban J connectivity index is 4.29.